The van der Waals surface area contributed by atoms with Gasteiger partial charge in [-0.1, -0.05) is 253 Å². The molecule has 6 heteroatoms. The van der Waals surface area contributed by atoms with Gasteiger partial charge >= 0.3 is 17.9 Å². The Hall–Kier alpha value is -3.67. The lowest BCUT2D eigenvalue weighted by atomic mass is 10.1. The van der Waals surface area contributed by atoms with E-state index in [0.717, 1.165) is 116 Å². The quantitative estimate of drug-likeness (QED) is 0.0261. The van der Waals surface area contributed by atoms with Crippen molar-refractivity contribution < 1.29 is 28.6 Å². The Labute approximate surface area is 457 Å². The van der Waals surface area contributed by atoms with Gasteiger partial charge in [0, 0.05) is 19.3 Å². The van der Waals surface area contributed by atoms with Crippen molar-refractivity contribution in [2.24, 2.45) is 0 Å². The van der Waals surface area contributed by atoms with Gasteiger partial charge in [0.25, 0.3) is 0 Å². The van der Waals surface area contributed by atoms with Crippen LogP contribution in [0.4, 0.5) is 0 Å². The third kappa shape index (κ3) is 59.2. The van der Waals surface area contributed by atoms with Gasteiger partial charge in [-0.3, -0.25) is 14.4 Å². The Bertz CT molecular complexity index is 1460. The number of rotatable bonds is 56. The van der Waals surface area contributed by atoms with Crippen LogP contribution >= 0.6 is 0 Å². The van der Waals surface area contributed by atoms with E-state index in [9.17, 15) is 14.4 Å². The van der Waals surface area contributed by atoms with E-state index in [1.165, 1.54) is 141 Å². The molecule has 0 amide bonds. The van der Waals surface area contributed by atoms with Crippen LogP contribution in [0.5, 0.6) is 0 Å². The summed E-state index contributed by atoms with van der Waals surface area (Å²) in [4.78, 5) is 38.3. The summed E-state index contributed by atoms with van der Waals surface area (Å²) in [7, 11) is 0. The molecular weight excluding hydrogens is 913 g/mol. The predicted molar refractivity (Wildman–Crippen MR) is 320 cm³/mol. The fourth-order valence-electron chi connectivity index (χ4n) is 8.61. The van der Waals surface area contributed by atoms with Gasteiger partial charge in [-0.05, 0) is 122 Å². The van der Waals surface area contributed by atoms with E-state index in [1.54, 1.807) is 0 Å². The lowest BCUT2D eigenvalue weighted by molar-refractivity contribution is -0.167. The molecule has 0 radical (unpaired) electrons. The van der Waals surface area contributed by atoms with E-state index in [-0.39, 0.29) is 31.1 Å². The molecule has 0 aliphatic heterocycles. The zero-order valence-corrected chi connectivity index (χ0v) is 48.6. The van der Waals surface area contributed by atoms with Gasteiger partial charge in [-0.15, -0.1) is 0 Å². The van der Waals surface area contributed by atoms with Gasteiger partial charge in [0.1, 0.15) is 13.2 Å². The Morgan fingerprint density at radius 2 is 0.527 bits per heavy atom. The van der Waals surface area contributed by atoms with Crippen LogP contribution in [0.2, 0.25) is 0 Å². The van der Waals surface area contributed by atoms with Crippen LogP contribution in [0.1, 0.15) is 297 Å². The molecule has 0 bridgehead atoms. The highest BCUT2D eigenvalue weighted by Gasteiger charge is 2.19. The van der Waals surface area contributed by atoms with Crippen molar-refractivity contribution in [1.82, 2.24) is 0 Å². The minimum atomic E-state index is -0.789. The van der Waals surface area contributed by atoms with Gasteiger partial charge in [-0.2, -0.15) is 0 Å². The van der Waals surface area contributed by atoms with E-state index in [1.807, 2.05) is 0 Å². The average Bonchev–Trinajstić information content (AvgIpc) is 3.40. The Balaban J connectivity index is 4.36. The van der Waals surface area contributed by atoms with E-state index >= 15 is 0 Å². The van der Waals surface area contributed by atoms with Gasteiger partial charge in [0.15, 0.2) is 6.10 Å². The van der Waals surface area contributed by atoms with Gasteiger partial charge < -0.3 is 14.2 Å². The minimum absolute atomic E-state index is 0.0861. The first-order chi connectivity index (χ1) is 36.5. The van der Waals surface area contributed by atoms with Crippen LogP contribution < -0.4 is 0 Å². The van der Waals surface area contributed by atoms with E-state index in [0.29, 0.717) is 19.3 Å². The lowest BCUT2D eigenvalue weighted by Crippen LogP contribution is -2.30. The summed E-state index contributed by atoms with van der Waals surface area (Å²) in [5.74, 6) is -0.900. The van der Waals surface area contributed by atoms with Crippen LogP contribution in [-0.4, -0.2) is 37.2 Å². The maximum Gasteiger partial charge on any atom is 0.306 e. The van der Waals surface area contributed by atoms with Crippen LogP contribution in [0.3, 0.4) is 0 Å². The molecule has 0 aromatic carbocycles. The summed E-state index contributed by atoms with van der Waals surface area (Å²) >= 11 is 0. The minimum Gasteiger partial charge on any atom is -0.462 e. The first-order valence-corrected chi connectivity index (χ1v) is 31.2. The van der Waals surface area contributed by atoms with Crippen molar-refractivity contribution in [2.45, 2.75) is 303 Å². The van der Waals surface area contributed by atoms with Crippen molar-refractivity contribution in [1.29, 1.82) is 0 Å². The third-order valence-electron chi connectivity index (χ3n) is 13.3. The molecule has 0 aliphatic rings. The molecule has 0 rings (SSSR count). The maximum atomic E-state index is 12.9. The largest absolute Gasteiger partial charge is 0.462 e. The fourth-order valence-corrected chi connectivity index (χ4v) is 8.61. The molecule has 74 heavy (non-hydrogen) atoms. The second-order valence-corrected chi connectivity index (χ2v) is 20.6. The summed E-state index contributed by atoms with van der Waals surface area (Å²) in [5, 5.41) is 0. The number of unbranched alkanes of at least 4 members (excludes halogenated alkanes) is 29. The third-order valence-corrected chi connectivity index (χ3v) is 13.3. The number of allylic oxidation sites excluding steroid dienone is 16. The summed E-state index contributed by atoms with van der Waals surface area (Å²) in [6, 6.07) is 0. The van der Waals surface area contributed by atoms with Crippen molar-refractivity contribution in [3.63, 3.8) is 0 Å². The van der Waals surface area contributed by atoms with Crippen molar-refractivity contribution in [2.75, 3.05) is 13.2 Å². The van der Waals surface area contributed by atoms with Crippen LogP contribution in [0.15, 0.2) is 97.2 Å². The van der Waals surface area contributed by atoms with Crippen molar-refractivity contribution in [3.8, 4) is 0 Å². The molecule has 0 aromatic rings. The second-order valence-electron chi connectivity index (χ2n) is 20.6. The molecule has 0 aromatic heterocycles. The number of ether oxygens (including phenoxy) is 3. The van der Waals surface area contributed by atoms with Gasteiger partial charge in [0.2, 0.25) is 0 Å². The highest BCUT2D eigenvalue weighted by Crippen LogP contribution is 2.15. The predicted octanol–water partition coefficient (Wildman–Crippen LogP) is 21.3. The number of hydrogen-bond acceptors (Lipinski definition) is 6. The van der Waals surface area contributed by atoms with Crippen molar-refractivity contribution in [3.05, 3.63) is 97.2 Å². The standard InChI is InChI=1S/C68H116O6/c1-4-7-10-13-16-19-22-25-28-30-31-32-33-34-35-36-37-39-40-43-46-49-52-55-58-61-67(70)73-64-65(63-72-66(69)60-57-54-51-48-45-42-27-24-21-18-15-12-9-6-3)74-68(71)62-59-56-53-50-47-44-41-38-29-26-23-20-17-14-11-8-5-2/h7,10,16-17,19-20,24-29,31-32,34-35,65H,4-6,8-9,11-15,18,21-23,30,33,36-64H2,1-3H3/b10-7-,19-16-,20-17-,27-24-,28-25-,29-26-,32-31-,35-34-. The van der Waals surface area contributed by atoms with Gasteiger partial charge in [-0.25, -0.2) is 0 Å². The summed E-state index contributed by atoms with van der Waals surface area (Å²) in [6.45, 7) is 6.49. The van der Waals surface area contributed by atoms with E-state index in [4.69, 9.17) is 14.2 Å². The van der Waals surface area contributed by atoms with Crippen molar-refractivity contribution >= 4 is 17.9 Å². The number of carbonyl (C=O) groups excluding carboxylic acids is 3. The fraction of sp³-hybridized carbons (Fsp3) is 0.721. The first-order valence-electron chi connectivity index (χ1n) is 31.2. The zero-order valence-electron chi connectivity index (χ0n) is 48.6. The zero-order chi connectivity index (χ0) is 53.6. The molecule has 424 valence electrons. The number of carbonyl (C=O) groups is 3. The molecule has 1 unspecified atom stereocenters. The van der Waals surface area contributed by atoms with Crippen LogP contribution in [0.25, 0.3) is 0 Å². The molecule has 6 nitrogen and oxygen atoms in total. The summed E-state index contributed by atoms with van der Waals surface area (Å²) in [5.41, 5.74) is 0. The second kappa shape index (κ2) is 61.9. The van der Waals surface area contributed by atoms with Crippen LogP contribution in [0, 0.1) is 0 Å². The molecule has 0 spiro atoms. The summed E-state index contributed by atoms with van der Waals surface area (Å²) < 4.78 is 16.9. The number of hydrogen-bond donors (Lipinski definition) is 0. The normalized spacial score (nSPS) is 12.7. The smallest absolute Gasteiger partial charge is 0.306 e. The van der Waals surface area contributed by atoms with Crippen LogP contribution in [-0.2, 0) is 28.6 Å². The molecule has 0 heterocycles. The number of esters is 3. The monoisotopic (exact) mass is 1030 g/mol. The molecule has 0 saturated heterocycles. The van der Waals surface area contributed by atoms with E-state index in [2.05, 4.69) is 118 Å². The molecule has 0 saturated carbocycles. The van der Waals surface area contributed by atoms with E-state index < -0.39 is 6.10 Å². The molecule has 0 N–H and O–H groups in total. The average molecular weight is 1030 g/mol. The Morgan fingerprint density at radius 3 is 0.865 bits per heavy atom. The summed E-state index contributed by atoms with van der Waals surface area (Å²) in [6.07, 6.45) is 82.6. The molecule has 1 atom stereocenters. The maximum absolute atomic E-state index is 12.9. The molecule has 0 fully saturated rings. The highest BCUT2D eigenvalue weighted by atomic mass is 16.6. The Morgan fingerprint density at radius 1 is 0.284 bits per heavy atom. The first kappa shape index (κ1) is 70.3. The molecular formula is C68H116O6. The topological polar surface area (TPSA) is 78.9 Å². The molecule has 0 aliphatic carbocycles. The highest BCUT2D eigenvalue weighted by molar-refractivity contribution is 5.71. The SMILES string of the molecule is CC/C=C\C/C=C\C/C=C\C/C=C\C/C=C\CCCCCCCCCCCC(=O)OCC(COC(=O)CCCCCCC/C=C\CCCCCCC)OC(=O)CCCCCCCCC/C=C\C/C=C\CCCCC. The lowest BCUT2D eigenvalue weighted by Gasteiger charge is -2.18. The van der Waals surface area contributed by atoms with Gasteiger partial charge in [0.05, 0.1) is 0 Å². The Kier molecular flexibility index (Phi) is 58.8.